The maximum absolute atomic E-state index is 12.1. The van der Waals surface area contributed by atoms with E-state index >= 15 is 0 Å². The zero-order valence-electron chi connectivity index (χ0n) is 13.9. The molecule has 1 amide bonds. The lowest BCUT2D eigenvalue weighted by atomic mass is 9.96. The minimum Gasteiger partial charge on any atom is -0.391 e. The fourth-order valence-corrected chi connectivity index (χ4v) is 2.54. The Labute approximate surface area is 136 Å². The summed E-state index contributed by atoms with van der Waals surface area (Å²) in [5.41, 5.74) is 1.42. The fourth-order valence-electron chi connectivity index (χ4n) is 2.54. The smallest absolute Gasteiger partial charge is 0.251 e. The molecule has 0 aliphatic heterocycles. The van der Waals surface area contributed by atoms with E-state index in [0.717, 1.165) is 18.4 Å². The highest BCUT2D eigenvalue weighted by atomic mass is 16.3. The molecule has 0 bridgehead atoms. The van der Waals surface area contributed by atoms with Crippen LogP contribution < -0.4 is 5.32 Å². The van der Waals surface area contributed by atoms with Crippen molar-refractivity contribution in [2.45, 2.75) is 32.8 Å². The van der Waals surface area contributed by atoms with Crippen molar-refractivity contribution in [1.29, 1.82) is 0 Å². The first-order valence-corrected chi connectivity index (χ1v) is 7.97. The van der Waals surface area contributed by atoms with Gasteiger partial charge in [-0.15, -0.1) is 0 Å². The van der Waals surface area contributed by atoms with Crippen LogP contribution in [0.25, 0.3) is 11.4 Å². The number of carbonyl (C=O) groups excluding carboxylic acids is 1. The second kappa shape index (κ2) is 7.87. The molecule has 2 aromatic rings. The van der Waals surface area contributed by atoms with Crippen LogP contribution in [-0.2, 0) is 7.05 Å². The standard InChI is InChI=1S/C17H24N4O2/c1-4-12(5-2)15(22)10-18-17(23)14-8-6-13(7-9-14)16-19-11-21(3)20-16/h6-9,11-12,15,22H,4-5,10H2,1-3H3,(H,18,23). The molecular weight excluding hydrogens is 292 g/mol. The molecule has 1 aromatic heterocycles. The minimum absolute atomic E-state index is 0.185. The monoisotopic (exact) mass is 316 g/mol. The second-order valence-electron chi connectivity index (χ2n) is 5.67. The molecule has 0 spiro atoms. The molecule has 1 unspecified atom stereocenters. The highest BCUT2D eigenvalue weighted by molar-refractivity contribution is 5.94. The summed E-state index contributed by atoms with van der Waals surface area (Å²) in [5, 5.41) is 17.1. The number of carbonyl (C=O) groups is 1. The SMILES string of the molecule is CCC(CC)C(O)CNC(=O)c1ccc(-c2ncn(C)n2)cc1. The molecule has 6 nitrogen and oxygen atoms in total. The Bertz CT molecular complexity index is 632. The number of benzene rings is 1. The van der Waals surface area contributed by atoms with Crippen LogP contribution in [0.3, 0.4) is 0 Å². The number of nitrogens with zero attached hydrogens (tertiary/aromatic N) is 3. The molecule has 0 aliphatic rings. The lowest BCUT2D eigenvalue weighted by molar-refractivity contribution is 0.0816. The molecule has 0 saturated heterocycles. The van der Waals surface area contributed by atoms with Gasteiger partial charge in [0.15, 0.2) is 5.82 Å². The van der Waals surface area contributed by atoms with E-state index in [1.807, 2.05) is 33.0 Å². The van der Waals surface area contributed by atoms with Crippen LogP contribution in [0, 0.1) is 5.92 Å². The van der Waals surface area contributed by atoms with Crippen LogP contribution in [0.15, 0.2) is 30.6 Å². The largest absolute Gasteiger partial charge is 0.391 e. The van der Waals surface area contributed by atoms with Gasteiger partial charge in [0.1, 0.15) is 6.33 Å². The average Bonchev–Trinajstić information content (AvgIpc) is 3.00. The highest BCUT2D eigenvalue weighted by Crippen LogP contribution is 2.15. The van der Waals surface area contributed by atoms with Crippen molar-refractivity contribution in [1.82, 2.24) is 20.1 Å². The third-order valence-electron chi connectivity index (χ3n) is 4.07. The van der Waals surface area contributed by atoms with E-state index in [4.69, 9.17) is 0 Å². The zero-order valence-corrected chi connectivity index (χ0v) is 13.9. The zero-order chi connectivity index (χ0) is 16.8. The Kier molecular flexibility index (Phi) is 5.87. The number of rotatable bonds is 7. The molecule has 0 aliphatic carbocycles. The number of aromatic nitrogens is 3. The van der Waals surface area contributed by atoms with Crippen molar-refractivity contribution >= 4 is 5.91 Å². The molecule has 124 valence electrons. The minimum atomic E-state index is -0.508. The van der Waals surface area contributed by atoms with Crippen molar-refractivity contribution < 1.29 is 9.90 Å². The topological polar surface area (TPSA) is 80.0 Å². The average molecular weight is 316 g/mol. The van der Waals surface area contributed by atoms with Crippen molar-refractivity contribution in [3.05, 3.63) is 36.2 Å². The van der Waals surface area contributed by atoms with Crippen LogP contribution in [0.4, 0.5) is 0 Å². The number of aliphatic hydroxyl groups is 1. The maximum atomic E-state index is 12.1. The summed E-state index contributed by atoms with van der Waals surface area (Å²) in [5.74, 6) is 0.659. The van der Waals surface area contributed by atoms with Gasteiger partial charge in [-0.3, -0.25) is 9.48 Å². The number of hydrogen-bond donors (Lipinski definition) is 2. The quantitative estimate of drug-likeness (QED) is 0.819. The molecule has 2 N–H and O–H groups in total. The van der Waals surface area contributed by atoms with E-state index in [0.29, 0.717) is 11.4 Å². The number of amides is 1. The van der Waals surface area contributed by atoms with Gasteiger partial charge in [0.05, 0.1) is 6.10 Å². The van der Waals surface area contributed by atoms with Crippen LogP contribution in [0.2, 0.25) is 0 Å². The highest BCUT2D eigenvalue weighted by Gasteiger charge is 2.16. The van der Waals surface area contributed by atoms with Crippen LogP contribution in [0.1, 0.15) is 37.0 Å². The van der Waals surface area contributed by atoms with Gasteiger partial charge < -0.3 is 10.4 Å². The fraction of sp³-hybridized carbons (Fsp3) is 0.471. The van der Waals surface area contributed by atoms with Gasteiger partial charge in [0.25, 0.3) is 5.91 Å². The van der Waals surface area contributed by atoms with Crippen LogP contribution in [0.5, 0.6) is 0 Å². The third kappa shape index (κ3) is 4.39. The van der Waals surface area contributed by atoms with Gasteiger partial charge in [-0.2, -0.15) is 5.10 Å². The van der Waals surface area contributed by atoms with Crippen LogP contribution >= 0.6 is 0 Å². The summed E-state index contributed by atoms with van der Waals surface area (Å²) in [6, 6.07) is 7.12. The van der Waals surface area contributed by atoms with E-state index in [1.165, 1.54) is 0 Å². The van der Waals surface area contributed by atoms with Crippen molar-refractivity contribution in [2.75, 3.05) is 6.54 Å². The number of hydrogen-bond acceptors (Lipinski definition) is 4. The third-order valence-corrected chi connectivity index (χ3v) is 4.07. The van der Waals surface area contributed by atoms with E-state index in [9.17, 15) is 9.90 Å². The molecule has 1 atom stereocenters. The number of aryl methyl sites for hydroxylation is 1. The Balaban J connectivity index is 1.95. The first kappa shape index (κ1) is 17.1. The van der Waals surface area contributed by atoms with Gasteiger partial charge in [0.2, 0.25) is 0 Å². The number of aliphatic hydroxyl groups excluding tert-OH is 1. The van der Waals surface area contributed by atoms with Gasteiger partial charge in [0, 0.05) is 24.7 Å². The summed E-state index contributed by atoms with van der Waals surface area (Å²) in [7, 11) is 1.81. The predicted molar refractivity (Wildman–Crippen MR) is 88.9 cm³/mol. The van der Waals surface area contributed by atoms with E-state index in [2.05, 4.69) is 15.4 Å². The Hall–Kier alpha value is -2.21. The molecule has 0 fully saturated rings. The summed E-state index contributed by atoms with van der Waals surface area (Å²) < 4.78 is 1.63. The van der Waals surface area contributed by atoms with Gasteiger partial charge in [-0.05, 0) is 18.1 Å². The van der Waals surface area contributed by atoms with Gasteiger partial charge in [-0.1, -0.05) is 38.8 Å². The summed E-state index contributed by atoms with van der Waals surface area (Å²) >= 11 is 0. The number of nitrogens with one attached hydrogen (secondary N) is 1. The molecule has 0 saturated carbocycles. The molecule has 23 heavy (non-hydrogen) atoms. The second-order valence-corrected chi connectivity index (χ2v) is 5.67. The molecule has 2 rings (SSSR count). The Morgan fingerprint density at radius 2 is 1.91 bits per heavy atom. The van der Waals surface area contributed by atoms with Gasteiger partial charge in [-0.25, -0.2) is 4.98 Å². The molecule has 1 aromatic carbocycles. The summed E-state index contributed by atoms with van der Waals surface area (Å²) in [6.07, 6.45) is 2.93. The molecule has 1 heterocycles. The van der Waals surface area contributed by atoms with Crippen molar-refractivity contribution in [2.24, 2.45) is 13.0 Å². The summed E-state index contributed by atoms with van der Waals surface area (Å²) in [4.78, 5) is 16.3. The lowest BCUT2D eigenvalue weighted by Gasteiger charge is -2.20. The van der Waals surface area contributed by atoms with Gasteiger partial charge >= 0.3 is 0 Å². The Morgan fingerprint density at radius 1 is 1.26 bits per heavy atom. The van der Waals surface area contributed by atoms with Crippen LogP contribution in [-0.4, -0.2) is 38.4 Å². The van der Waals surface area contributed by atoms with E-state index < -0.39 is 6.10 Å². The first-order chi connectivity index (χ1) is 11.0. The Morgan fingerprint density at radius 3 is 2.43 bits per heavy atom. The maximum Gasteiger partial charge on any atom is 0.251 e. The lowest BCUT2D eigenvalue weighted by Crippen LogP contribution is -2.36. The van der Waals surface area contributed by atoms with E-state index in [-0.39, 0.29) is 18.4 Å². The van der Waals surface area contributed by atoms with E-state index in [1.54, 1.807) is 23.1 Å². The summed E-state index contributed by atoms with van der Waals surface area (Å²) in [6.45, 7) is 4.36. The predicted octanol–water partition coefficient (Wildman–Crippen LogP) is 2.01. The van der Waals surface area contributed by atoms with Crippen molar-refractivity contribution in [3.63, 3.8) is 0 Å². The first-order valence-electron chi connectivity index (χ1n) is 7.97. The van der Waals surface area contributed by atoms with Crippen molar-refractivity contribution in [3.8, 4) is 11.4 Å². The molecule has 6 heteroatoms. The molecular formula is C17H24N4O2. The normalized spacial score (nSPS) is 12.4. The molecule has 0 radical (unpaired) electrons.